The smallest absolute Gasteiger partial charge is 0.261 e. The van der Waals surface area contributed by atoms with Crippen LogP contribution in [0.3, 0.4) is 0 Å². The second-order valence-corrected chi connectivity index (χ2v) is 6.01. The highest BCUT2D eigenvalue weighted by Crippen LogP contribution is 2.38. The van der Waals surface area contributed by atoms with Crippen molar-refractivity contribution in [2.24, 2.45) is 5.73 Å². The molecule has 0 unspecified atom stereocenters. The first-order valence-corrected chi connectivity index (χ1v) is 7.55. The summed E-state index contributed by atoms with van der Waals surface area (Å²) in [7, 11) is 3.36. The van der Waals surface area contributed by atoms with Crippen molar-refractivity contribution in [3.05, 3.63) is 30.1 Å². The Bertz CT molecular complexity index is 707. The minimum Gasteiger partial charge on any atom is -0.483 e. The summed E-state index contributed by atoms with van der Waals surface area (Å²) in [5.41, 5.74) is 6.40. The molecule has 122 valence electrons. The Balaban J connectivity index is 1.81. The first-order chi connectivity index (χ1) is 11.0. The topological polar surface area (TPSA) is 94.5 Å². The molecule has 2 aromatic rings. The van der Waals surface area contributed by atoms with E-state index in [4.69, 9.17) is 15.0 Å². The van der Waals surface area contributed by atoms with Crippen molar-refractivity contribution >= 4 is 5.91 Å². The number of rotatable bonds is 5. The fourth-order valence-corrected chi connectivity index (χ4v) is 2.35. The van der Waals surface area contributed by atoms with Crippen molar-refractivity contribution in [2.45, 2.75) is 24.8 Å². The van der Waals surface area contributed by atoms with Crippen LogP contribution in [0, 0.1) is 0 Å². The Kier molecular flexibility index (Phi) is 4.04. The van der Waals surface area contributed by atoms with Crippen molar-refractivity contribution in [1.82, 2.24) is 15.0 Å². The lowest BCUT2D eigenvalue weighted by Gasteiger charge is -2.34. The number of nitrogens with zero attached hydrogens (tertiary/aromatic N) is 3. The van der Waals surface area contributed by atoms with E-state index in [1.807, 2.05) is 18.2 Å². The molecule has 1 amide bonds. The number of carbonyl (C=O) groups excluding carboxylic acids is 1. The predicted octanol–water partition coefficient (Wildman–Crippen LogP) is 1.54. The molecule has 1 heterocycles. The molecular weight excluding hydrogens is 296 g/mol. The molecule has 0 atom stereocenters. The van der Waals surface area contributed by atoms with Crippen LogP contribution in [0.1, 0.15) is 25.1 Å². The average molecular weight is 316 g/mol. The van der Waals surface area contributed by atoms with Crippen molar-refractivity contribution in [2.75, 3.05) is 20.7 Å². The Labute approximate surface area is 134 Å². The minimum atomic E-state index is -0.474. The molecule has 23 heavy (non-hydrogen) atoms. The normalized spacial score (nSPS) is 15.8. The van der Waals surface area contributed by atoms with Gasteiger partial charge in [0.15, 0.2) is 12.4 Å². The highest BCUT2D eigenvalue weighted by Gasteiger charge is 2.39. The average Bonchev–Trinajstić information content (AvgIpc) is 3.00. The summed E-state index contributed by atoms with van der Waals surface area (Å²) >= 11 is 0. The first-order valence-electron chi connectivity index (χ1n) is 7.55. The standard InChI is InChI=1S/C16H20N4O3/c1-20(2)13(21)10-22-12-7-4-3-6-11(12)14-18-15(19-23-14)16(17)8-5-9-16/h3-4,6-7H,5,8-10,17H2,1-2H3. The third-order valence-corrected chi connectivity index (χ3v) is 4.08. The van der Waals surface area contributed by atoms with Crippen LogP contribution in [-0.2, 0) is 10.3 Å². The highest BCUT2D eigenvalue weighted by atomic mass is 16.5. The molecule has 0 bridgehead atoms. The first kappa shape index (κ1) is 15.5. The summed E-state index contributed by atoms with van der Waals surface area (Å²) in [5.74, 6) is 1.28. The van der Waals surface area contributed by atoms with Crippen LogP contribution in [-0.4, -0.2) is 41.6 Å². The van der Waals surface area contributed by atoms with Crippen molar-refractivity contribution in [3.63, 3.8) is 0 Å². The molecule has 1 aromatic heterocycles. The van der Waals surface area contributed by atoms with Gasteiger partial charge in [0, 0.05) is 14.1 Å². The molecule has 7 heteroatoms. The number of nitrogens with two attached hydrogens (primary N) is 1. The van der Waals surface area contributed by atoms with Crippen LogP contribution in [0.5, 0.6) is 5.75 Å². The van der Waals surface area contributed by atoms with Crippen LogP contribution >= 0.6 is 0 Å². The molecule has 0 saturated heterocycles. The zero-order chi connectivity index (χ0) is 16.4. The molecule has 1 aromatic carbocycles. The second-order valence-electron chi connectivity index (χ2n) is 6.01. The molecule has 1 saturated carbocycles. The van der Waals surface area contributed by atoms with E-state index in [-0.39, 0.29) is 12.5 Å². The third kappa shape index (κ3) is 3.05. The molecule has 7 nitrogen and oxygen atoms in total. The summed E-state index contributed by atoms with van der Waals surface area (Å²) in [6, 6.07) is 7.26. The van der Waals surface area contributed by atoms with Gasteiger partial charge in [-0.25, -0.2) is 0 Å². The molecule has 0 aliphatic heterocycles. The number of para-hydroxylation sites is 1. The molecule has 1 fully saturated rings. The number of aromatic nitrogens is 2. The van der Waals surface area contributed by atoms with Crippen molar-refractivity contribution in [1.29, 1.82) is 0 Å². The van der Waals surface area contributed by atoms with Crippen LogP contribution in [0.15, 0.2) is 28.8 Å². The number of ether oxygens (including phenoxy) is 1. The maximum atomic E-state index is 11.7. The lowest BCUT2D eigenvalue weighted by Crippen LogP contribution is -2.44. The summed E-state index contributed by atoms with van der Waals surface area (Å²) in [4.78, 5) is 17.6. The van der Waals surface area contributed by atoms with Gasteiger partial charge < -0.3 is 19.9 Å². The second kappa shape index (κ2) is 6.00. The summed E-state index contributed by atoms with van der Waals surface area (Å²) in [5, 5.41) is 4.01. The van der Waals surface area contributed by atoms with E-state index < -0.39 is 5.54 Å². The van der Waals surface area contributed by atoms with Gasteiger partial charge in [-0.05, 0) is 31.4 Å². The fraction of sp³-hybridized carbons (Fsp3) is 0.438. The van der Waals surface area contributed by atoms with Gasteiger partial charge in [-0.3, -0.25) is 4.79 Å². The van der Waals surface area contributed by atoms with E-state index in [2.05, 4.69) is 10.1 Å². The number of hydrogen-bond acceptors (Lipinski definition) is 6. The minimum absolute atomic E-state index is 0.0498. The zero-order valence-corrected chi connectivity index (χ0v) is 13.3. The van der Waals surface area contributed by atoms with Gasteiger partial charge in [0.2, 0.25) is 0 Å². The van der Waals surface area contributed by atoms with Gasteiger partial charge in [-0.15, -0.1) is 0 Å². The van der Waals surface area contributed by atoms with Crippen LogP contribution < -0.4 is 10.5 Å². The Morgan fingerprint density at radius 1 is 1.39 bits per heavy atom. The molecule has 1 aliphatic rings. The summed E-state index contributed by atoms with van der Waals surface area (Å²) in [6.45, 7) is -0.0498. The van der Waals surface area contributed by atoms with Gasteiger partial charge in [0.05, 0.1) is 11.1 Å². The SMILES string of the molecule is CN(C)C(=O)COc1ccccc1-c1nc(C2(N)CCC2)no1. The number of benzene rings is 1. The van der Waals surface area contributed by atoms with E-state index in [9.17, 15) is 4.79 Å². The molecule has 1 aliphatic carbocycles. The fourth-order valence-electron chi connectivity index (χ4n) is 2.35. The van der Waals surface area contributed by atoms with Gasteiger partial charge in [0.25, 0.3) is 11.8 Å². The van der Waals surface area contributed by atoms with E-state index in [1.165, 1.54) is 4.90 Å². The quantitative estimate of drug-likeness (QED) is 0.899. The highest BCUT2D eigenvalue weighted by molar-refractivity contribution is 5.77. The van der Waals surface area contributed by atoms with Crippen LogP contribution in [0.4, 0.5) is 0 Å². The lowest BCUT2D eigenvalue weighted by molar-refractivity contribution is -0.130. The Hall–Kier alpha value is -2.41. The zero-order valence-electron chi connectivity index (χ0n) is 13.3. The van der Waals surface area contributed by atoms with E-state index in [0.29, 0.717) is 23.0 Å². The molecule has 3 rings (SSSR count). The molecular formula is C16H20N4O3. The number of carbonyl (C=O) groups is 1. The Morgan fingerprint density at radius 3 is 2.78 bits per heavy atom. The van der Waals surface area contributed by atoms with E-state index >= 15 is 0 Å². The summed E-state index contributed by atoms with van der Waals surface area (Å²) in [6.07, 6.45) is 2.80. The van der Waals surface area contributed by atoms with E-state index in [1.54, 1.807) is 20.2 Å². The molecule has 0 spiro atoms. The van der Waals surface area contributed by atoms with Gasteiger partial charge >= 0.3 is 0 Å². The number of likely N-dealkylation sites (N-methyl/N-ethyl adjacent to an activating group) is 1. The maximum Gasteiger partial charge on any atom is 0.261 e. The predicted molar refractivity (Wildman–Crippen MR) is 83.6 cm³/mol. The van der Waals surface area contributed by atoms with Crippen molar-refractivity contribution < 1.29 is 14.1 Å². The largest absolute Gasteiger partial charge is 0.483 e. The van der Waals surface area contributed by atoms with Gasteiger partial charge in [-0.1, -0.05) is 17.3 Å². The van der Waals surface area contributed by atoms with Crippen LogP contribution in [0.2, 0.25) is 0 Å². The van der Waals surface area contributed by atoms with Crippen LogP contribution in [0.25, 0.3) is 11.5 Å². The van der Waals surface area contributed by atoms with Gasteiger partial charge in [-0.2, -0.15) is 4.98 Å². The molecule has 2 N–H and O–H groups in total. The lowest BCUT2D eigenvalue weighted by atomic mass is 9.77. The Morgan fingerprint density at radius 2 is 2.13 bits per heavy atom. The van der Waals surface area contributed by atoms with E-state index in [0.717, 1.165) is 19.3 Å². The van der Waals surface area contributed by atoms with Gasteiger partial charge in [0.1, 0.15) is 5.75 Å². The molecule has 0 radical (unpaired) electrons. The number of hydrogen-bond donors (Lipinski definition) is 1. The monoisotopic (exact) mass is 316 g/mol. The van der Waals surface area contributed by atoms with Crippen molar-refractivity contribution in [3.8, 4) is 17.2 Å². The number of amides is 1. The maximum absolute atomic E-state index is 11.7. The summed E-state index contributed by atoms with van der Waals surface area (Å²) < 4.78 is 11.0. The third-order valence-electron chi connectivity index (χ3n) is 4.08.